The van der Waals surface area contributed by atoms with Crippen molar-refractivity contribution < 1.29 is 0 Å². The standard InChI is InChI=1S/C17H23NS/c1-4-14-7-8-15(11-18)17(10-14)19-16-9-12(2)5-6-13(16)3/h5-6,9,14-15,17H,4,7-8,10H2,1-3H3. The maximum atomic E-state index is 9.36. The van der Waals surface area contributed by atoms with Gasteiger partial charge in [-0.25, -0.2) is 0 Å². The van der Waals surface area contributed by atoms with Crippen LogP contribution in [0.5, 0.6) is 0 Å². The van der Waals surface area contributed by atoms with Crippen molar-refractivity contribution in [1.82, 2.24) is 0 Å². The summed E-state index contributed by atoms with van der Waals surface area (Å²) in [4.78, 5) is 1.36. The fourth-order valence-corrected chi connectivity index (χ4v) is 4.42. The minimum atomic E-state index is 0.229. The van der Waals surface area contributed by atoms with Gasteiger partial charge in [-0.3, -0.25) is 0 Å². The fraction of sp³-hybridized carbons (Fsp3) is 0.588. The van der Waals surface area contributed by atoms with Crippen LogP contribution in [-0.2, 0) is 0 Å². The van der Waals surface area contributed by atoms with Gasteiger partial charge in [0.2, 0.25) is 0 Å². The maximum Gasteiger partial charge on any atom is 0.0667 e. The number of rotatable bonds is 3. The van der Waals surface area contributed by atoms with Crippen molar-refractivity contribution in [2.24, 2.45) is 11.8 Å². The molecule has 1 fully saturated rings. The molecular formula is C17H23NS. The zero-order valence-electron chi connectivity index (χ0n) is 12.1. The quantitative estimate of drug-likeness (QED) is 0.763. The van der Waals surface area contributed by atoms with Gasteiger partial charge in [0.15, 0.2) is 0 Å². The van der Waals surface area contributed by atoms with E-state index < -0.39 is 0 Å². The molecule has 1 aromatic rings. The van der Waals surface area contributed by atoms with Gasteiger partial charge < -0.3 is 0 Å². The first kappa shape index (κ1) is 14.5. The SMILES string of the molecule is CCC1CCC(C#N)C(Sc2cc(C)ccc2C)C1. The summed E-state index contributed by atoms with van der Waals surface area (Å²) in [5, 5.41) is 9.84. The zero-order chi connectivity index (χ0) is 13.8. The molecular weight excluding hydrogens is 250 g/mol. The highest BCUT2D eigenvalue weighted by atomic mass is 32.2. The van der Waals surface area contributed by atoms with E-state index >= 15 is 0 Å². The topological polar surface area (TPSA) is 23.8 Å². The first-order valence-corrected chi connectivity index (χ1v) is 8.15. The van der Waals surface area contributed by atoms with E-state index in [0.29, 0.717) is 5.25 Å². The van der Waals surface area contributed by atoms with Gasteiger partial charge in [0, 0.05) is 10.1 Å². The minimum absolute atomic E-state index is 0.229. The van der Waals surface area contributed by atoms with Crippen LogP contribution >= 0.6 is 11.8 Å². The summed E-state index contributed by atoms with van der Waals surface area (Å²) in [6.07, 6.45) is 4.77. The van der Waals surface area contributed by atoms with Crippen molar-refractivity contribution in [3.8, 4) is 6.07 Å². The second-order valence-corrected chi connectivity index (χ2v) is 7.03. The Balaban J connectivity index is 2.14. The third-order valence-electron chi connectivity index (χ3n) is 4.27. The largest absolute Gasteiger partial charge is 0.198 e. The molecule has 0 N–H and O–H groups in total. The van der Waals surface area contributed by atoms with Gasteiger partial charge in [0.25, 0.3) is 0 Å². The predicted octanol–water partition coefficient (Wildman–Crippen LogP) is 5.11. The monoisotopic (exact) mass is 273 g/mol. The lowest BCUT2D eigenvalue weighted by Crippen LogP contribution is -2.26. The minimum Gasteiger partial charge on any atom is -0.198 e. The van der Waals surface area contributed by atoms with Crippen molar-refractivity contribution in [2.45, 2.75) is 56.6 Å². The number of benzene rings is 1. The molecule has 0 heterocycles. The average molecular weight is 273 g/mol. The van der Waals surface area contributed by atoms with Gasteiger partial charge in [0.05, 0.1) is 12.0 Å². The van der Waals surface area contributed by atoms with E-state index in [-0.39, 0.29) is 5.92 Å². The lowest BCUT2D eigenvalue weighted by Gasteiger charge is -2.32. The summed E-state index contributed by atoms with van der Waals surface area (Å²) in [6.45, 7) is 6.58. The Morgan fingerprint density at radius 1 is 1.32 bits per heavy atom. The lowest BCUT2D eigenvalue weighted by atomic mass is 9.81. The lowest BCUT2D eigenvalue weighted by molar-refractivity contribution is 0.317. The number of thioether (sulfide) groups is 1. The molecule has 0 amide bonds. The third kappa shape index (κ3) is 3.54. The molecule has 2 rings (SSSR count). The van der Waals surface area contributed by atoms with Crippen LogP contribution in [0.15, 0.2) is 23.1 Å². The van der Waals surface area contributed by atoms with Crippen LogP contribution in [0.1, 0.15) is 43.7 Å². The zero-order valence-corrected chi connectivity index (χ0v) is 13.0. The van der Waals surface area contributed by atoms with Crippen LogP contribution in [-0.4, -0.2) is 5.25 Å². The average Bonchev–Trinajstić information content (AvgIpc) is 2.42. The van der Waals surface area contributed by atoms with E-state index in [4.69, 9.17) is 0 Å². The summed E-state index contributed by atoms with van der Waals surface area (Å²) in [6, 6.07) is 9.16. The Morgan fingerprint density at radius 3 is 2.79 bits per heavy atom. The van der Waals surface area contributed by atoms with E-state index in [1.54, 1.807) is 0 Å². The van der Waals surface area contributed by atoms with Gasteiger partial charge in [-0.15, -0.1) is 11.8 Å². The first-order chi connectivity index (χ1) is 9.13. The summed E-state index contributed by atoms with van der Waals surface area (Å²) < 4.78 is 0. The van der Waals surface area contributed by atoms with Crippen molar-refractivity contribution in [2.75, 3.05) is 0 Å². The fourth-order valence-electron chi connectivity index (χ4n) is 2.86. The molecule has 1 aliphatic carbocycles. The van der Waals surface area contributed by atoms with Crippen LogP contribution in [0.4, 0.5) is 0 Å². The van der Waals surface area contributed by atoms with Gasteiger partial charge in [-0.05, 0) is 50.7 Å². The van der Waals surface area contributed by atoms with E-state index in [2.05, 4.69) is 45.0 Å². The summed E-state index contributed by atoms with van der Waals surface area (Å²) in [7, 11) is 0. The molecule has 19 heavy (non-hydrogen) atoms. The highest BCUT2D eigenvalue weighted by Gasteiger charge is 2.30. The van der Waals surface area contributed by atoms with Gasteiger partial charge >= 0.3 is 0 Å². The molecule has 0 saturated heterocycles. The molecule has 0 aliphatic heterocycles. The molecule has 1 saturated carbocycles. The van der Waals surface area contributed by atoms with Crippen LogP contribution < -0.4 is 0 Å². The van der Waals surface area contributed by atoms with Gasteiger partial charge in [-0.2, -0.15) is 5.26 Å². The van der Waals surface area contributed by atoms with Crippen LogP contribution in [0.2, 0.25) is 0 Å². The molecule has 1 aromatic carbocycles. The molecule has 0 radical (unpaired) electrons. The van der Waals surface area contributed by atoms with E-state index in [1.165, 1.54) is 35.3 Å². The smallest absolute Gasteiger partial charge is 0.0667 e. The van der Waals surface area contributed by atoms with Crippen LogP contribution in [0.3, 0.4) is 0 Å². The van der Waals surface area contributed by atoms with Crippen molar-refractivity contribution in [3.05, 3.63) is 29.3 Å². The van der Waals surface area contributed by atoms with Crippen LogP contribution in [0.25, 0.3) is 0 Å². The Morgan fingerprint density at radius 2 is 2.11 bits per heavy atom. The van der Waals surface area contributed by atoms with Crippen LogP contribution in [0, 0.1) is 37.0 Å². The Bertz CT molecular complexity index is 475. The van der Waals surface area contributed by atoms with Gasteiger partial charge in [0.1, 0.15) is 0 Å². The van der Waals surface area contributed by atoms with E-state index in [9.17, 15) is 5.26 Å². The van der Waals surface area contributed by atoms with E-state index in [0.717, 1.165) is 12.3 Å². The molecule has 0 aromatic heterocycles. The molecule has 0 spiro atoms. The summed E-state index contributed by atoms with van der Waals surface area (Å²) in [5.74, 6) is 1.04. The van der Waals surface area contributed by atoms with Crippen molar-refractivity contribution >= 4 is 11.8 Å². The maximum absolute atomic E-state index is 9.36. The number of hydrogen-bond acceptors (Lipinski definition) is 2. The molecule has 3 unspecified atom stereocenters. The second kappa shape index (κ2) is 6.48. The molecule has 3 atom stereocenters. The second-order valence-electron chi connectivity index (χ2n) is 5.75. The molecule has 1 aliphatic rings. The molecule has 2 heteroatoms. The number of nitriles is 1. The number of hydrogen-bond donors (Lipinski definition) is 0. The molecule has 102 valence electrons. The highest BCUT2D eigenvalue weighted by molar-refractivity contribution is 8.00. The predicted molar refractivity (Wildman–Crippen MR) is 82.3 cm³/mol. The first-order valence-electron chi connectivity index (χ1n) is 7.27. The number of nitrogens with zero attached hydrogens (tertiary/aromatic N) is 1. The van der Waals surface area contributed by atoms with Gasteiger partial charge in [-0.1, -0.05) is 31.0 Å². The summed E-state index contributed by atoms with van der Waals surface area (Å²) >= 11 is 1.93. The van der Waals surface area contributed by atoms with Crippen molar-refractivity contribution in [3.63, 3.8) is 0 Å². The molecule has 1 nitrogen and oxygen atoms in total. The molecule has 0 bridgehead atoms. The number of aryl methyl sites for hydroxylation is 2. The Hall–Kier alpha value is -0.940. The highest BCUT2D eigenvalue weighted by Crippen LogP contribution is 2.41. The third-order valence-corrected chi connectivity index (χ3v) is 5.78. The van der Waals surface area contributed by atoms with Crippen molar-refractivity contribution in [1.29, 1.82) is 5.26 Å². The normalized spacial score (nSPS) is 26.9. The Kier molecular flexibility index (Phi) is 4.93. The summed E-state index contributed by atoms with van der Waals surface area (Å²) in [5.41, 5.74) is 2.65. The van der Waals surface area contributed by atoms with E-state index in [1.807, 2.05) is 11.8 Å². The Labute approximate surface area is 121 Å².